The normalized spacial score (nSPS) is 12.3. The predicted molar refractivity (Wildman–Crippen MR) is 72.2 cm³/mol. The fraction of sp³-hybridized carbons (Fsp3) is 0.778. The van der Waals surface area contributed by atoms with Gasteiger partial charge >= 0.3 is 11.9 Å². The smallest absolute Gasteiger partial charge is 0.317 e. The van der Waals surface area contributed by atoms with E-state index >= 15 is 0 Å². The molecule has 1 unspecified atom stereocenters. The zero-order valence-corrected chi connectivity index (χ0v) is 11.9. The van der Waals surface area contributed by atoms with Crippen LogP contribution in [-0.2, 0) is 13.8 Å². The summed E-state index contributed by atoms with van der Waals surface area (Å²) < 4.78 is 5.13. The molecular formula is C9H16O5S3. The molecule has 8 heteroatoms. The van der Waals surface area contributed by atoms with E-state index in [-0.39, 0.29) is 5.94 Å². The molecule has 0 rings (SSSR count). The molecule has 0 aliphatic heterocycles. The monoisotopic (exact) mass is 300 g/mol. The van der Waals surface area contributed by atoms with Gasteiger partial charge in [-0.25, -0.2) is 0 Å². The first-order valence-corrected chi connectivity index (χ1v) is 8.34. The van der Waals surface area contributed by atoms with Crippen molar-refractivity contribution in [1.82, 2.24) is 0 Å². The van der Waals surface area contributed by atoms with Crippen molar-refractivity contribution in [2.24, 2.45) is 0 Å². The number of thioether (sulfide) groups is 1. The van der Waals surface area contributed by atoms with Crippen molar-refractivity contribution in [3.05, 3.63) is 0 Å². The van der Waals surface area contributed by atoms with Gasteiger partial charge in [-0.15, -0.1) is 11.8 Å². The molecule has 2 N–H and O–H groups in total. The van der Waals surface area contributed by atoms with Crippen LogP contribution in [-0.4, -0.2) is 39.1 Å². The van der Waals surface area contributed by atoms with Crippen molar-refractivity contribution in [3.8, 4) is 0 Å². The Balaban J connectivity index is 3.55. The standard InChI is InChI=1S/C9H16O5S3/c1-2-3-4-16-17-14-6-15-7(9(12)13)5-8(10)11/h7H,2-6H2,1H3,(H,10,11)(H,12,13). The van der Waals surface area contributed by atoms with Crippen molar-refractivity contribution in [2.45, 2.75) is 31.4 Å². The van der Waals surface area contributed by atoms with E-state index in [1.807, 2.05) is 0 Å². The molecule has 0 radical (unpaired) electrons. The highest BCUT2D eigenvalue weighted by Crippen LogP contribution is 2.26. The van der Waals surface area contributed by atoms with Crippen LogP contribution in [0, 0.1) is 0 Å². The van der Waals surface area contributed by atoms with Gasteiger partial charge in [0.2, 0.25) is 0 Å². The molecule has 0 bridgehead atoms. The molecule has 0 fully saturated rings. The van der Waals surface area contributed by atoms with Gasteiger partial charge in [-0.05, 0) is 6.42 Å². The second-order valence-corrected chi connectivity index (χ2v) is 6.34. The van der Waals surface area contributed by atoms with Gasteiger partial charge in [-0.3, -0.25) is 13.8 Å². The van der Waals surface area contributed by atoms with Gasteiger partial charge in [0.15, 0.2) is 0 Å². The van der Waals surface area contributed by atoms with Crippen LogP contribution in [0.4, 0.5) is 0 Å². The van der Waals surface area contributed by atoms with Gasteiger partial charge < -0.3 is 10.2 Å². The maximum Gasteiger partial charge on any atom is 0.317 e. The van der Waals surface area contributed by atoms with Crippen LogP contribution in [0.15, 0.2) is 0 Å². The molecule has 0 heterocycles. The van der Waals surface area contributed by atoms with Crippen LogP contribution < -0.4 is 0 Å². The van der Waals surface area contributed by atoms with Gasteiger partial charge in [0, 0.05) is 5.75 Å². The lowest BCUT2D eigenvalue weighted by molar-refractivity contribution is -0.142. The predicted octanol–water partition coefficient (Wildman–Crippen LogP) is 2.72. The highest BCUT2D eigenvalue weighted by atomic mass is 33.1. The number of carboxylic acid groups (broad SMARTS) is 2. The molecule has 0 amide bonds. The fourth-order valence-electron chi connectivity index (χ4n) is 0.777. The summed E-state index contributed by atoms with van der Waals surface area (Å²) in [5.74, 6) is -1.07. The van der Waals surface area contributed by atoms with Crippen LogP contribution in [0.1, 0.15) is 26.2 Å². The largest absolute Gasteiger partial charge is 0.481 e. The zero-order valence-electron chi connectivity index (χ0n) is 9.46. The second-order valence-electron chi connectivity index (χ2n) is 3.07. The average molecular weight is 300 g/mol. The number of aliphatic carboxylic acids is 2. The van der Waals surface area contributed by atoms with Crippen LogP contribution in [0.3, 0.4) is 0 Å². The Morgan fingerprint density at radius 3 is 2.59 bits per heavy atom. The minimum atomic E-state index is -1.12. The molecule has 1 atom stereocenters. The van der Waals surface area contributed by atoms with Crippen LogP contribution in [0.5, 0.6) is 0 Å². The third-order valence-electron chi connectivity index (χ3n) is 1.63. The van der Waals surface area contributed by atoms with E-state index < -0.39 is 23.6 Å². The molecule has 17 heavy (non-hydrogen) atoms. The van der Waals surface area contributed by atoms with Gasteiger partial charge in [0.1, 0.15) is 11.2 Å². The maximum atomic E-state index is 10.7. The lowest BCUT2D eigenvalue weighted by Gasteiger charge is -2.08. The lowest BCUT2D eigenvalue weighted by atomic mass is 10.3. The summed E-state index contributed by atoms with van der Waals surface area (Å²) >= 11 is 2.21. The highest BCUT2D eigenvalue weighted by Gasteiger charge is 2.21. The van der Waals surface area contributed by atoms with E-state index in [0.29, 0.717) is 0 Å². The third kappa shape index (κ3) is 10.8. The molecule has 0 aliphatic carbocycles. The Labute approximate surface area is 113 Å². The summed E-state index contributed by atoms with van der Waals surface area (Å²) in [6, 6.07) is 0. The van der Waals surface area contributed by atoms with Crippen molar-refractivity contribution >= 4 is 45.6 Å². The summed E-state index contributed by atoms with van der Waals surface area (Å²) in [5.41, 5.74) is 0. The fourth-order valence-corrected chi connectivity index (χ4v) is 3.38. The molecule has 5 nitrogen and oxygen atoms in total. The first-order valence-electron chi connectivity index (χ1n) is 5.05. The van der Waals surface area contributed by atoms with Crippen LogP contribution in [0.25, 0.3) is 0 Å². The molecule has 0 aromatic heterocycles. The second kappa shape index (κ2) is 11.1. The van der Waals surface area contributed by atoms with E-state index in [4.69, 9.17) is 14.4 Å². The molecule has 0 aromatic carbocycles. The molecule has 0 saturated heterocycles. The van der Waals surface area contributed by atoms with Crippen LogP contribution in [0.2, 0.25) is 0 Å². The number of unbranched alkanes of at least 4 members (excludes halogenated alkanes) is 1. The third-order valence-corrected chi connectivity index (χ3v) is 4.65. The molecule has 0 aromatic rings. The van der Waals surface area contributed by atoms with E-state index in [9.17, 15) is 9.59 Å². The highest BCUT2D eigenvalue weighted by molar-refractivity contribution is 8.74. The van der Waals surface area contributed by atoms with Gasteiger partial charge in [0.05, 0.1) is 17.5 Å². The summed E-state index contributed by atoms with van der Waals surface area (Å²) in [6.07, 6.45) is 1.85. The first-order chi connectivity index (χ1) is 8.07. The van der Waals surface area contributed by atoms with E-state index in [1.165, 1.54) is 11.1 Å². The van der Waals surface area contributed by atoms with Crippen LogP contribution >= 0.6 is 33.6 Å². The topological polar surface area (TPSA) is 83.8 Å². The molecule has 0 aliphatic rings. The Morgan fingerprint density at radius 2 is 2.06 bits per heavy atom. The summed E-state index contributed by atoms with van der Waals surface area (Å²) in [5, 5.41) is 16.3. The zero-order chi connectivity index (χ0) is 13.1. The summed E-state index contributed by atoms with van der Waals surface area (Å²) in [4.78, 5) is 21.1. The first kappa shape index (κ1) is 16.9. The van der Waals surface area contributed by atoms with E-state index in [2.05, 4.69) is 6.92 Å². The van der Waals surface area contributed by atoms with E-state index in [1.54, 1.807) is 10.8 Å². The minimum absolute atomic E-state index is 0.175. The van der Waals surface area contributed by atoms with E-state index in [0.717, 1.165) is 30.4 Å². The Kier molecular flexibility index (Phi) is 11.0. The summed E-state index contributed by atoms with van der Waals surface area (Å²) in [6.45, 7) is 2.10. The number of carbonyl (C=O) groups is 2. The van der Waals surface area contributed by atoms with Crippen molar-refractivity contribution in [3.63, 3.8) is 0 Å². The van der Waals surface area contributed by atoms with Gasteiger partial charge in [-0.2, -0.15) is 0 Å². The Bertz CT molecular complexity index is 237. The van der Waals surface area contributed by atoms with Gasteiger partial charge in [0.25, 0.3) is 0 Å². The summed E-state index contributed by atoms with van der Waals surface area (Å²) in [7, 11) is 1.57. The maximum absolute atomic E-state index is 10.7. The number of carboxylic acids is 2. The number of rotatable bonds is 11. The quantitative estimate of drug-likeness (QED) is 0.261. The SMILES string of the molecule is CCCCSSOCSC(CC(=O)O)C(=O)O. The van der Waals surface area contributed by atoms with Crippen molar-refractivity contribution < 1.29 is 24.0 Å². The minimum Gasteiger partial charge on any atom is -0.481 e. The average Bonchev–Trinajstić information content (AvgIpc) is 2.25. The van der Waals surface area contributed by atoms with Crippen molar-refractivity contribution in [1.29, 1.82) is 0 Å². The Hall–Kier alpha value is -0.0500. The lowest BCUT2D eigenvalue weighted by Crippen LogP contribution is -2.20. The number of hydrogen-bond donors (Lipinski definition) is 2. The molecule has 100 valence electrons. The molecule has 0 spiro atoms. The van der Waals surface area contributed by atoms with Crippen molar-refractivity contribution in [2.75, 3.05) is 11.7 Å². The van der Waals surface area contributed by atoms with Gasteiger partial charge in [-0.1, -0.05) is 24.1 Å². The molecule has 0 saturated carbocycles. The number of hydrogen-bond acceptors (Lipinski definition) is 6. The Morgan fingerprint density at radius 1 is 1.35 bits per heavy atom. The molecular weight excluding hydrogens is 284 g/mol.